The highest BCUT2D eigenvalue weighted by atomic mass is 19.4. The Labute approximate surface area is 116 Å². The number of alkyl halides is 3. The van der Waals surface area contributed by atoms with Crippen LogP contribution >= 0.6 is 0 Å². The molecule has 0 aliphatic heterocycles. The fourth-order valence-corrected chi connectivity index (χ4v) is 1.79. The lowest BCUT2D eigenvalue weighted by atomic mass is 10.1. The van der Waals surface area contributed by atoms with Crippen LogP contribution in [0, 0.1) is 0 Å². The number of hydrogen-bond donors (Lipinski definition) is 3. The van der Waals surface area contributed by atoms with E-state index in [1.165, 1.54) is 0 Å². The molecular formula is C13H11F3N2O3. The first-order valence-electron chi connectivity index (χ1n) is 5.94. The SMILES string of the molecule is O=C(NCC(O)C(F)(F)F)c1cc(=O)[nH]c2ccccc12. The summed E-state index contributed by atoms with van der Waals surface area (Å²) in [5.74, 6) is -0.861. The summed E-state index contributed by atoms with van der Waals surface area (Å²) in [5, 5.41) is 11.2. The molecule has 0 radical (unpaired) electrons. The lowest BCUT2D eigenvalue weighted by Gasteiger charge is -2.15. The van der Waals surface area contributed by atoms with E-state index in [1.54, 1.807) is 24.3 Å². The van der Waals surface area contributed by atoms with Gasteiger partial charge in [-0.1, -0.05) is 18.2 Å². The van der Waals surface area contributed by atoms with Crippen LogP contribution in [0.3, 0.4) is 0 Å². The van der Waals surface area contributed by atoms with Crippen molar-refractivity contribution in [3.8, 4) is 0 Å². The number of H-pyrrole nitrogens is 1. The van der Waals surface area contributed by atoms with Crippen LogP contribution in [0.25, 0.3) is 10.9 Å². The summed E-state index contributed by atoms with van der Waals surface area (Å²) in [7, 11) is 0. The van der Waals surface area contributed by atoms with Crippen LogP contribution in [0.1, 0.15) is 10.4 Å². The predicted octanol–water partition coefficient (Wildman–Crippen LogP) is 1.18. The molecule has 0 fully saturated rings. The number of amides is 1. The molecule has 2 aromatic rings. The first kappa shape index (κ1) is 15.0. The highest BCUT2D eigenvalue weighted by Crippen LogP contribution is 2.19. The van der Waals surface area contributed by atoms with E-state index in [2.05, 4.69) is 4.98 Å². The van der Waals surface area contributed by atoms with Crippen LogP contribution in [-0.4, -0.2) is 34.8 Å². The molecule has 0 aliphatic carbocycles. The molecule has 0 bridgehead atoms. The van der Waals surface area contributed by atoms with Crippen LogP contribution in [-0.2, 0) is 0 Å². The summed E-state index contributed by atoms with van der Waals surface area (Å²) in [4.78, 5) is 25.9. The minimum atomic E-state index is -4.82. The third-order valence-electron chi connectivity index (χ3n) is 2.83. The molecule has 1 unspecified atom stereocenters. The Hall–Kier alpha value is -2.35. The standard InChI is InChI=1S/C13H11F3N2O3/c14-13(15,16)10(19)6-17-12(21)8-5-11(20)18-9-4-2-1-3-7(8)9/h1-5,10,19H,6H2,(H,17,21)(H,18,20). The number of para-hydroxylation sites is 1. The Bertz CT molecular complexity index is 724. The molecule has 1 aromatic heterocycles. The average Bonchev–Trinajstić information content (AvgIpc) is 2.42. The molecule has 0 saturated carbocycles. The number of fused-ring (bicyclic) bond motifs is 1. The van der Waals surface area contributed by atoms with Crippen LogP contribution < -0.4 is 10.9 Å². The second-order valence-electron chi connectivity index (χ2n) is 4.36. The van der Waals surface area contributed by atoms with E-state index in [0.717, 1.165) is 6.07 Å². The zero-order chi connectivity index (χ0) is 15.6. The van der Waals surface area contributed by atoms with Gasteiger partial charge in [-0.05, 0) is 6.07 Å². The second kappa shape index (κ2) is 5.57. The monoisotopic (exact) mass is 300 g/mol. The van der Waals surface area contributed by atoms with Crippen LogP contribution in [0.15, 0.2) is 35.1 Å². The van der Waals surface area contributed by atoms with Crippen molar-refractivity contribution in [2.24, 2.45) is 0 Å². The molecule has 1 amide bonds. The van der Waals surface area contributed by atoms with Crippen LogP contribution in [0.2, 0.25) is 0 Å². The van der Waals surface area contributed by atoms with E-state index in [4.69, 9.17) is 5.11 Å². The van der Waals surface area contributed by atoms with Crippen molar-refractivity contribution < 1.29 is 23.1 Å². The van der Waals surface area contributed by atoms with Crippen molar-refractivity contribution in [3.05, 3.63) is 46.2 Å². The summed E-state index contributed by atoms with van der Waals surface area (Å²) in [6, 6.07) is 7.39. The summed E-state index contributed by atoms with van der Waals surface area (Å²) in [6.07, 6.45) is -7.47. The van der Waals surface area contributed by atoms with Crippen molar-refractivity contribution in [1.82, 2.24) is 10.3 Å². The number of carbonyl (C=O) groups is 1. The molecule has 3 N–H and O–H groups in total. The quantitative estimate of drug-likeness (QED) is 0.796. The molecule has 0 saturated heterocycles. The predicted molar refractivity (Wildman–Crippen MR) is 69.0 cm³/mol. The Kier molecular flexibility index (Phi) is 3.99. The van der Waals surface area contributed by atoms with Gasteiger partial charge in [-0.25, -0.2) is 0 Å². The van der Waals surface area contributed by atoms with Crippen molar-refractivity contribution in [2.75, 3.05) is 6.54 Å². The minimum absolute atomic E-state index is 0.0521. The normalized spacial score (nSPS) is 13.1. The third-order valence-corrected chi connectivity index (χ3v) is 2.83. The van der Waals surface area contributed by atoms with E-state index < -0.39 is 30.3 Å². The van der Waals surface area contributed by atoms with Gasteiger partial charge in [0.1, 0.15) is 0 Å². The third kappa shape index (κ3) is 3.40. The molecule has 1 atom stereocenters. The number of carbonyl (C=O) groups excluding carboxylic acids is 1. The van der Waals surface area contributed by atoms with Crippen molar-refractivity contribution in [1.29, 1.82) is 0 Å². The summed E-state index contributed by atoms with van der Waals surface area (Å²) >= 11 is 0. The van der Waals surface area contributed by atoms with Crippen LogP contribution in [0.5, 0.6) is 0 Å². The van der Waals surface area contributed by atoms with Gasteiger partial charge in [0, 0.05) is 17.0 Å². The number of aliphatic hydroxyl groups is 1. The number of rotatable bonds is 3. The van der Waals surface area contributed by atoms with E-state index in [9.17, 15) is 22.8 Å². The van der Waals surface area contributed by atoms with E-state index in [0.29, 0.717) is 10.9 Å². The molecule has 0 aliphatic rings. The van der Waals surface area contributed by atoms with Crippen molar-refractivity contribution >= 4 is 16.8 Å². The fraction of sp³-hybridized carbons (Fsp3) is 0.231. The van der Waals surface area contributed by atoms with Crippen LogP contribution in [0.4, 0.5) is 13.2 Å². The number of nitrogens with one attached hydrogen (secondary N) is 2. The lowest BCUT2D eigenvalue weighted by molar-refractivity contribution is -0.201. The molecule has 21 heavy (non-hydrogen) atoms. The Morgan fingerprint density at radius 2 is 2.00 bits per heavy atom. The van der Waals surface area contributed by atoms with Gasteiger partial charge in [-0.3, -0.25) is 9.59 Å². The maximum absolute atomic E-state index is 12.2. The highest BCUT2D eigenvalue weighted by Gasteiger charge is 2.38. The molecule has 2 rings (SSSR count). The van der Waals surface area contributed by atoms with Gasteiger partial charge in [0.25, 0.3) is 5.91 Å². The van der Waals surface area contributed by atoms with Gasteiger partial charge in [0.2, 0.25) is 5.56 Å². The first-order chi connectivity index (χ1) is 9.79. The van der Waals surface area contributed by atoms with Crippen molar-refractivity contribution in [3.63, 3.8) is 0 Å². The van der Waals surface area contributed by atoms with Gasteiger partial charge in [-0.2, -0.15) is 13.2 Å². The van der Waals surface area contributed by atoms with E-state index >= 15 is 0 Å². The summed E-state index contributed by atoms with van der Waals surface area (Å²) in [6.45, 7) is -0.983. The molecule has 5 nitrogen and oxygen atoms in total. The molecule has 1 heterocycles. The maximum atomic E-state index is 12.2. The number of aromatic amines is 1. The molecule has 0 spiro atoms. The largest absolute Gasteiger partial charge is 0.416 e. The fourth-order valence-electron chi connectivity index (χ4n) is 1.79. The average molecular weight is 300 g/mol. The summed E-state index contributed by atoms with van der Waals surface area (Å²) in [5.41, 5.74) is -0.203. The second-order valence-corrected chi connectivity index (χ2v) is 4.36. The number of benzene rings is 1. The molecule has 112 valence electrons. The summed E-state index contributed by atoms with van der Waals surface area (Å²) < 4.78 is 36.5. The number of halogens is 3. The van der Waals surface area contributed by atoms with Crippen molar-refractivity contribution in [2.45, 2.75) is 12.3 Å². The number of pyridine rings is 1. The number of aromatic nitrogens is 1. The Balaban J connectivity index is 2.26. The van der Waals surface area contributed by atoms with Gasteiger partial charge in [-0.15, -0.1) is 0 Å². The zero-order valence-corrected chi connectivity index (χ0v) is 10.6. The first-order valence-corrected chi connectivity index (χ1v) is 5.94. The lowest BCUT2D eigenvalue weighted by Crippen LogP contribution is -2.40. The minimum Gasteiger partial charge on any atom is -0.382 e. The smallest absolute Gasteiger partial charge is 0.382 e. The van der Waals surface area contributed by atoms with E-state index in [-0.39, 0.29) is 5.56 Å². The van der Waals surface area contributed by atoms with E-state index in [1.807, 2.05) is 5.32 Å². The highest BCUT2D eigenvalue weighted by molar-refractivity contribution is 6.05. The zero-order valence-electron chi connectivity index (χ0n) is 10.6. The molecular weight excluding hydrogens is 289 g/mol. The Morgan fingerprint density at radius 3 is 2.67 bits per heavy atom. The molecule has 8 heteroatoms. The van der Waals surface area contributed by atoms with Gasteiger partial charge in [0.15, 0.2) is 6.10 Å². The van der Waals surface area contributed by atoms with Gasteiger partial charge >= 0.3 is 6.18 Å². The number of aliphatic hydroxyl groups excluding tert-OH is 1. The topological polar surface area (TPSA) is 82.2 Å². The Morgan fingerprint density at radius 1 is 1.33 bits per heavy atom. The van der Waals surface area contributed by atoms with Gasteiger partial charge in [0.05, 0.1) is 12.1 Å². The van der Waals surface area contributed by atoms with Gasteiger partial charge < -0.3 is 15.4 Å². The number of hydrogen-bond acceptors (Lipinski definition) is 3. The maximum Gasteiger partial charge on any atom is 0.416 e. The molecule has 1 aromatic carbocycles.